The van der Waals surface area contributed by atoms with Crippen molar-refractivity contribution in [1.82, 2.24) is 0 Å². The zero-order valence-electron chi connectivity index (χ0n) is 27.2. The van der Waals surface area contributed by atoms with Crippen molar-refractivity contribution in [1.29, 1.82) is 0 Å². The number of aliphatic hydroxyl groups is 2. The Labute approximate surface area is 274 Å². The molecular formula is C36H52O9S. The molecule has 3 saturated heterocycles. The Morgan fingerprint density at radius 2 is 1.83 bits per heavy atom. The summed E-state index contributed by atoms with van der Waals surface area (Å²) in [5, 5.41) is 19.7. The second-order valence-corrected chi connectivity index (χ2v) is 14.8. The molecule has 0 radical (unpaired) electrons. The minimum atomic E-state index is -3.66. The van der Waals surface area contributed by atoms with Gasteiger partial charge in [0, 0.05) is 32.3 Å². The van der Waals surface area contributed by atoms with Crippen molar-refractivity contribution in [3.63, 3.8) is 0 Å². The Morgan fingerprint density at radius 3 is 2.52 bits per heavy atom. The van der Waals surface area contributed by atoms with Gasteiger partial charge in [-0.2, -0.15) is 0 Å². The molecule has 1 aromatic rings. The van der Waals surface area contributed by atoms with Crippen LogP contribution >= 0.6 is 0 Å². The largest absolute Gasteiger partial charge is 0.394 e. The minimum Gasteiger partial charge on any atom is -0.394 e. The van der Waals surface area contributed by atoms with Crippen LogP contribution in [-0.4, -0.2) is 100 Å². The maximum Gasteiger partial charge on any atom is 0.178 e. The van der Waals surface area contributed by atoms with Crippen LogP contribution in [0.25, 0.3) is 0 Å². The van der Waals surface area contributed by atoms with E-state index < -0.39 is 46.8 Å². The van der Waals surface area contributed by atoms with E-state index in [0.29, 0.717) is 19.6 Å². The van der Waals surface area contributed by atoms with Crippen molar-refractivity contribution < 1.29 is 42.3 Å². The maximum atomic E-state index is 13.5. The van der Waals surface area contributed by atoms with Gasteiger partial charge in [-0.15, -0.1) is 6.58 Å². The van der Waals surface area contributed by atoms with Gasteiger partial charge in [0.25, 0.3) is 0 Å². The molecule has 10 atom stereocenters. The molecule has 3 fully saturated rings. The molecule has 3 heterocycles. The first-order valence-corrected chi connectivity index (χ1v) is 18.0. The first kappa shape index (κ1) is 36.7. The van der Waals surface area contributed by atoms with Crippen LogP contribution in [0.1, 0.15) is 45.4 Å². The third-order valence-electron chi connectivity index (χ3n) is 9.39. The van der Waals surface area contributed by atoms with Crippen molar-refractivity contribution in [3.05, 3.63) is 79.4 Å². The topological polar surface area (TPSA) is 121 Å². The van der Waals surface area contributed by atoms with Crippen LogP contribution in [0.15, 0.2) is 84.3 Å². The van der Waals surface area contributed by atoms with E-state index in [2.05, 4.69) is 26.7 Å². The average molecular weight is 661 g/mol. The van der Waals surface area contributed by atoms with Gasteiger partial charge >= 0.3 is 0 Å². The van der Waals surface area contributed by atoms with Crippen molar-refractivity contribution in [2.45, 2.75) is 99.2 Å². The lowest BCUT2D eigenvalue weighted by molar-refractivity contribution is -0.0785. The molecule has 46 heavy (non-hydrogen) atoms. The van der Waals surface area contributed by atoms with E-state index in [1.165, 1.54) is 7.11 Å². The molecule has 256 valence electrons. The van der Waals surface area contributed by atoms with E-state index in [1.807, 2.05) is 12.2 Å². The van der Waals surface area contributed by atoms with Gasteiger partial charge < -0.3 is 33.9 Å². The van der Waals surface area contributed by atoms with Crippen LogP contribution in [0.5, 0.6) is 0 Å². The highest BCUT2D eigenvalue weighted by atomic mass is 32.2. The van der Waals surface area contributed by atoms with Gasteiger partial charge in [0.2, 0.25) is 0 Å². The number of sulfone groups is 1. The number of ether oxygens (including phenoxy) is 5. The number of rotatable bonds is 17. The molecule has 9 nitrogen and oxygen atoms in total. The number of methoxy groups -OCH3 is 1. The van der Waals surface area contributed by atoms with Crippen LogP contribution in [0, 0.1) is 11.8 Å². The third kappa shape index (κ3) is 9.70. The van der Waals surface area contributed by atoms with E-state index >= 15 is 0 Å². The normalized spacial score (nSPS) is 32.7. The van der Waals surface area contributed by atoms with Gasteiger partial charge in [0.05, 0.1) is 79.3 Å². The molecule has 4 unspecified atom stereocenters. The van der Waals surface area contributed by atoms with Crippen LogP contribution < -0.4 is 0 Å². The minimum absolute atomic E-state index is 0.0156. The fraction of sp³-hybridized carbons (Fsp3) is 0.611. The molecule has 0 bridgehead atoms. The zero-order chi connectivity index (χ0) is 33.3. The summed E-state index contributed by atoms with van der Waals surface area (Å²) < 4.78 is 57.6. The Morgan fingerprint density at radius 1 is 1.07 bits per heavy atom. The predicted molar refractivity (Wildman–Crippen MR) is 177 cm³/mol. The smallest absolute Gasteiger partial charge is 0.178 e. The van der Waals surface area contributed by atoms with Gasteiger partial charge in [0.1, 0.15) is 0 Å². The van der Waals surface area contributed by atoms with Crippen LogP contribution in [0.4, 0.5) is 0 Å². The van der Waals surface area contributed by atoms with Gasteiger partial charge in [0.15, 0.2) is 9.84 Å². The summed E-state index contributed by atoms with van der Waals surface area (Å²) in [6.07, 6.45) is 6.34. The number of aliphatic hydroxyl groups excluding tert-OH is 2. The first-order chi connectivity index (χ1) is 22.1. The molecule has 2 N–H and O–H groups in total. The lowest BCUT2D eigenvalue weighted by atomic mass is 9.83. The summed E-state index contributed by atoms with van der Waals surface area (Å²) in [5.74, 6) is -0.484. The Bertz CT molecular complexity index is 1280. The molecule has 4 rings (SSSR count). The SMILES string of the molecule is C=CCOC/C=C/[C@H]1CC(=C)C(CC[C@H]2C[C@@H](C)C(=C)C(CC3OC(C[C@H](O)CO)[C@H](OC)[C@H]3CS(=O)(=O)c3ccccc3)O2)O1. The van der Waals surface area contributed by atoms with Gasteiger partial charge in [-0.25, -0.2) is 8.42 Å². The predicted octanol–water partition coefficient (Wildman–Crippen LogP) is 4.59. The van der Waals surface area contributed by atoms with Crippen molar-refractivity contribution >= 4 is 9.84 Å². The van der Waals surface area contributed by atoms with Gasteiger partial charge in [-0.05, 0) is 48.5 Å². The summed E-state index contributed by atoms with van der Waals surface area (Å²) in [5.41, 5.74) is 2.04. The molecule has 0 spiro atoms. The molecule has 0 aromatic heterocycles. The Hall–Kier alpha value is -2.15. The second kappa shape index (κ2) is 17.3. The second-order valence-electron chi connectivity index (χ2n) is 12.8. The number of hydrogen-bond acceptors (Lipinski definition) is 9. The highest BCUT2D eigenvalue weighted by Gasteiger charge is 2.49. The van der Waals surface area contributed by atoms with Gasteiger partial charge in [-0.3, -0.25) is 0 Å². The first-order valence-electron chi connectivity index (χ1n) is 16.3. The highest BCUT2D eigenvalue weighted by molar-refractivity contribution is 7.91. The fourth-order valence-electron chi connectivity index (χ4n) is 6.90. The zero-order valence-corrected chi connectivity index (χ0v) is 28.1. The summed E-state index contributed by atoms with van der Waals surface area (Å²) in [4.78, 5) is 0.240. The standard InChI is InChI=1S/C36H52O9S/c1-6-16-42-17-10-11-28-19-25(3)32(43-28)15-14-29-18-24(2)26(4)33(44-29)21-34-31(23-46(39,40)30-12-8-7-9-13-30)36(41-5)35(45-34)20-27(38)22-37/h6-13,24,27-29,31-38H,1,3-4,14-23H2,2,5H3/b11-10+/t24-,27+,28+,29+,31+,32?,33?,34?,35?,36-/m1/s1. The monoisotopic (exact) mass is 660 g/mol. The summed E-state index contributed by atoms with van der Waals surface area (Å²) in [7, 11) is -2.14. The summed E-state index contributed by atoms with van der Waals surface area (Å²) in [6, 6.07) is 8.37. The highest BCUT2D eigenvalue weighted by Crippen LogP contribution is 2.41. The van der Waals surface area contributed by atoms with E-state index in [1.54, 1.807) is 36.4 Å². The third-order valence-corrected chi connectivity index (χ3v) is 11.2. The molecule has 0 amide bonds. The van der Waals surface area contributed by atoms with Crippen LogP contribution in [-0.2, 0) is 33.5 Å². The van der Waals surface area contributed by atoms with Crippen molar-refractivity contribution in [2.24, 2.45) is 11.8 Å². The van der Waals surface area contributed by atoms with Crippen LogP contribution in [0.2, 0.25) is 0 Å². The average Bonchev–Trinajstić information content (AvgIpc) is 3.55. The molecule has 0 aliphatic carbocycles. The Balaban J connectivity index is 1.42. The lowest BCUT2D eigenvalue weighted by Crippen LogP contribution is -2.40. The van der Waals surface area contributed by atoms with E-state index in [-0.39, 0.29) is 47.4 Å². The summed E-state index contributed by atoms with van der Waals surface area (Å²) in [6.45, 7) is 15.0. The fourth-order valence-corrected chi connectivity index (χ4v) is 8.57. The molecular weight excluding hydrogens is 608 g/mol. The quantitative estimate of drug-likeness (QED) is 0.183. The van der Waals surface area contributed by atoms with Crippen LogP contribution in [0.3, 0.4) is 0 Å². The Kier molecular flexibility index (Phi) is 13.8. The lowest BCUT2D eigenvalue weighted by Gasteiger charge is -2.38. The molecule has 0 saturated carbocycles. The van der Waals surface area contributed by atoms with E-state index in [0.717, 1.165) is 36.8 Å². The van der Waals surface area contributed by atoms with Crippen molar-refractivity contribution in [3.8, 4) is 0 Å². The number of hydrogen-bond donors (Lipinski definition) is 2. The molecule has 3 aliphatic heterocycles. The molecule has 10 heteroatoms. The molecule has 3 aliphatic rings. The molecule has 1 aromatic carbocycles. The van der Waals surface area contributed by atoms with Crippen molar-refractivity contribution in [2.75, 3.05) is 32.7 Å². The van der Waals surface area contributed by atoms with Gasteiger partial charge in [-0.1, -0.05) is 56.5 Å². The van der Waals surface area contributed by atoms with E-state index in [4.69, 9.17) is 23.7 Å². The van der Waals surface area contributed by atoms with E-state index in [9.17, 15) is 18.6 Å². The summed E-state index contributed by atoms with van der Waals surface area (Å²) >= 11 is 0. The maximum absolute atomic E-state index is 13.5. The number of benzene rings is 1.